The number of nitrogens with one attached hydrogen (secondary N) is 2. The summed E-state index contributed by atoms with van der Waals surface area (Å²) in [6, 6.07) is 4.82. The van der Waals surface area contributed by atoms with E-state index in [4.69, 9.17) is 14.2 Å². The number of esters is 1. The lowest BCUT2D eigenvalue weighted by Gasteiger charge is -2.17. The molecule has 2 N–H and O–H groups in total. The Hall–Kier alpha value is -2.28. The topological polar surface area (TPSA) is 85.9 Å². The quantitative estimate of drug-likeness (QED) is 0.668. The van der Waals surface area contributed by atoms with E-state index in [9.17, 15) is 9.59 Å². The number of amides is 1. The highest BCUT2D eigenvalue weighted by Gasteiger charge is 2.13. The van der Waals surface area contributed by atoms with E-state index in [1.54, 1.807) is 25.3 Å². The van der Waals surface area contributed by atoms with Gasteiger partial charge in [0.2, 0.25) is 5.91 Å². The van der Waals surface area contributed by atoms with Crippen LogP contribution in [0, 0.1) is 0 Å². The van der Waals surface area contributed by atoms with E-state index in [2.05, 4.69) is 10.6 Å². The minimum absolute atomic E-state index is 0.0370. The predicted molar refractivity (Wildman–Crippen MR) is 91.5 cm³/mol. The van der Waals surface area contributed by atoms with Crippen molar-refractivity contribution in [3.8, 4) is 5.75 Å². The smallest absolute Gasteiger partial charge is 0.337 e. The maximum atomic E-state index is 11.9. The fourth-order valence-corrected chi connectivity index (χ4v) is 2.06. The summed E-state index contributed by atoms with van der Waals surface area (Å²) in [5.74, 6) is -0.0683. The van der Waals surface area contributed by atoms with Crippen LogP contribution in [0.25, 0.3) is 0 Å². The second kappa shape index (κ2) is 9.77. The molecule has 1 unspecified atom stereocenters. The highest BCUT2D eigenvalue weighted by molar-refractivity contribution is 5.91. The summed E-state index contributed by atoms with van der Waals surface area (Å²) in [4.78, 5) is 23.6. The van der Waals surface area contributed by atoms with Crippen molar-refractivity contribution in [2.75, 3.05) is 32.7 Å². The molecule has 0 aromatic heterocycles. The second-order valence-electron chi connectivity index (χ2n) is 5.65. The molecule has 1 aromatic rings. The lowest BCUT2D eigenvalue weighted by Crippen LogP contribution is -2.39. The maximum Gasteiger partial charge on any atom is 0.337 e. The first-order chi connectivity index (χ1) is 11.4. The third kappa shape index (κ3) is 6.45. The molecule has 0 fully saturated rings. The largest absolute Gasteiger partial charge is 0.489 e. The average Bonchev–Trinajstić information content (AvgIpc) is 2.52. The summed E-state index contributed by atoms with van der Waals surface area (Å²) >= 11 is 0. The summed E-state index contributed by atoms with van der Waals surface area (Å²) in [7, 11) is 2.90. The van der Waals surface area contributed by atoms with Crippen molar-refractivity contribution in [3.63, 3.8) is 0 Å². The lowest BCUT2D eigenvalue weighted by molar-refractivity contribution is -0.120. The van der Waals surface area contributed by atoms with Gasteiger partial charge in [-0.05, 0) is 39.0 Å². The first-order valence-corrected chi connectivity index (χ1v) is 7.78. The van der Waals surface area contributed by atoms with Crippen LogP contribution >= 0.6 is 0 Å². The van der Waals surface area contributed by atoms with Gasteiger partial charge in [-0.25, -0.2) is 4.79 Å². The van der Waals surface area contributed by atoms with Crippen molar-refractivity contribution >= 4 is 17.6 Å². The minimum Gasteiger partial charge on any atom is -0.489 e. The van der Waals surface area contributed by atoms with Crippen LogP contribution in [0.15, 0.2) is 18.2 Å². The summed E-state index contributed by atoms with van der Waals surface area (Å²) < 4.78 is 15.4. The predicted octanol–water partition coefficient (Wildman–Crippen LogP) is 1.82. The molecule has 24 heavy (non-hydrogen) atoms. The van der Waals surface area contributed by atoms with Gasteiger partial charge in [-0.2, -0.15) is 0 Å². The Morgan fingerprint density at radius 2 is 1.88 bits per heavy atom. The van der Waals surface area contributed by atoms with Crippen LogP contribution in [-0.2, 0) is 14.3 Å². The van der Waals surface area contributed by atoms with Crippen LogP contribution in [0.2, 0.25) is 0 Å². The molecule has 7 nitrogen and oxygen atoms in total. The molecule has 0 heterocycles. The number of ether oxygens (including phenoxy) is 3. The SMILES string of the molecule is COCC(C)NC(=O)CNc1cc(C(=O)OC)ccc1OC(C)C. The Bertz CT molecular complexity index is 560. The van der Waals surface area contributed by atoms with E-state index in [0.717, 1.165) is 0 Å². The second-order valence-corrected chi connectivity index (χ2v) is 5.65. The third-order valence-electron chi connectivity index (χ3n) is 3.03. The maximum absolute atomic E-state index is 11.9. The van der Waals surface area contributed by atoms with Crippen LogP contribution < -0.4 is 15.4 Å². The van der Waals surface area contributed by atoms with E-state index in [-0.39, 0.29) is 24.6 Å². The molecule has 1 rings (SSSR count). The van der Waals surface area contributed by atoms with Crippen LogP contribution in [0.1, 0.15) is 31.1 Å². The van der Waals surface area contributed by atoms with Crippen LogP contribution in [0.5, 0.6) is 5.75 Å². The fraction of sp³-hybridized carbons (Fsp3) is 0.529. The molecule has 1 aromatic carbocycles. The van der Waals surface area contributed by atoms with Crippen LogP contribution in [0.4, 0.5) is 5.69 Å². The zero-order chi connectivity index (χ0) is 18.1. The average molecular weight is 338 g/mol. The Morgan fingerprint density at radius 3 is 2.46 bits per heavy atom. The molecule has 0 saturated carbocycles. The van der Waals surface area contributed by atoms with Gasteiger partial charge in [0.15, 0.2) is 0 Å². The summed E-state index contributed by atoms with van der Waals surface area (Å²) in [6.45, 7) is 6.14. The van der Waals surface area contributed by atoms with Gasteiger partial charge in [-0.3, -0.25) is 4.79 Å². The Morgan fingerprint density at radius 1 is 1.17 bits per heavy atom. The molecule has 0 aliphatic rings. The van der Waals surface area contributed by atoms with E-state index >= 15 is 0 Å². The molecule has 7 heteroatoms. The van der Waals surface area contributed by atoms with Crippen molar-refractivity contribution in [2.24, 2.45) is 0 Å². The third-order valence-corrected chi connectivity index (χ3v) is 3.03. The van der Waals surface area contributed by atoms with Gasteiger partial charge >= 0.3 is 5.97 Å². The fourth-order valence-electron chi connectivity index (χ4n) is 2.06. The van der Waals surface area contributed by atoms with Gasteiger partial charge in [0.25, 0.3) is 0 Å². The minimum atomic E-state index is -0.452. The molecule has 0 bridgehead atoms. The van der Waals surface area contributed by atoms with Crippen LogP contribution in [-0.4, -0.2) is 51.4 Å². The van der Waals surface area contributed by atoms with Gasteiger partial charge in [0, 0.05) is 13.2 Å². The highest BCUT2D eigenvalue weighted by Crippen LogP contribution is 2.27. The lowest BCUT2D eigenvalue weighted by atomic mass is 10.2. The Kier molecular flexibility index (Phi) is 8.05. The molecule has 134 valence electrons. The molecule has 0 aliphatic carbocycles. The van der Waals surface area contributed by atoms with E-state index in [0.29, 0.717) is 23.6 Å². The number of carbonyl (C=O) groups is 2. The number of rotatable bonds is 9. The first-order valence-electron chi connectivity index (χ1n) is 7.78. The monoisotopic (exact) mass is 338 g/mol. The number of methoxy groups -OCH3 is 2. The van der Waals surface area contributed by atoms with Crippen molar-refractivity contribution in [2.45, 2.75) is 32.9 Å². The van der Waals surface area contributed by atoms with Crippen molar-refractivity contribution < 1.29 is 23.8 Å². The molecule has 0 radical (unpaired) electrons. The van der Waals surface area contributed by atoms with Gasteiger partial charge in [-0.15, -0.1) is 0 Å². The Balaban J connectivity index is 2.82. The number of anilines is 1. The van der Waals surface area contributed by atoms with E-state index in [1.165, 1.54) is 7.11 Å². The zero-order valence-electron chi connectivity index (χ0n) is 14.8. The van der Waals surface area contributed by atoms with Crippen molar-refractivity contribution in [1.82, 2.24) is 5.32 Å². The summed E-state index contributed by atoms with van der Waals surface area (Å²) in [5, 5.41) is 5.80. The van der Waals surface area contributed by atoms with Gasteiger partial charge in [0.05, 0.1) is 37.6 Å². The van der Waals surface area contributed by atoms with Gasteiger partial charge in [0.1, 0.15) is 5.75 Å². The van der Waals surface area contributed by atoms with Gasteiger partial charge in [-0.1, -0.05) is 0 Å². The molecule has 1 amide bonds. The first kappa shape index (κ1) is 19.8. The number of hydrogen-bond acceptors (Lipinski definition) is 6. The van der Waals surface area contributed by atoms with Crippen molar-refractivity contribution in [3.05, 3.63) is 23.8 Å². The summed E-state index contributed by atoms with van der Waals surface area (Å²) in [5.41, 5.74) is 0.936. The van der Waals surface area contributed by atoms with E-state index < -0.39 is 5.97 Å². The molecular formula is C17H26N2O5. The molecule has 0 saturated heterocycles. The molecule has 0 aliphatic heterocycles. The van der Waals surface area contributed by atoms with E-state index in [1.807, 2.05) is 20.8 Å². The van der Waals surface area contributed by atoms with Gasteiger partial charge < -0.3 is 24.8 Å². The number of hydrogen-bond donors (Lipinski definition) is 2. The molecular weight excluding hydrogens is 312 g/mol. The number of benzene rings is 1. The summed E-state index contributed by atoms with van der Waals surface area (Å²) in [6.07, 6.45) is -0.0370. The zero-order valence-corrected chi connectivity index (χ0v) is 14.8. The van der Waals surface area contributed by atoms with Crippen LogP contribution in [0.3, 0.4) is 0 Å². The Labute approximate surface area is 142 Å². The highest BCUT2D eigenvalue weighted by atomic mass is 16.5. The standard InChI is InChI=1S/C17H26N2O5/c1-11(2)24-15-7-6-13(17(21)23-5)8-14(15)18-9-16(20)19-12(3)10-22-4/h6-8,11-12,18H,9-10H2,1-5H3,(H,19,20). The van der Waals surface area contributed by atoms with Crippen molar-refractivity contribution in [1.29, 1.82) is 0 Å². The molecule has 0 spiro atoms. The number of carbonyl (C=O) groups excluding carboxylic acids is 2. The normalized spacial score (nSPS) is 11.8. The molecule has 1 atom stereocenters.